The number of hydrogen-bond donors (Lipinski definition) is 0. The molecular formula is C14H13NOS. The van der Waals surface area contributed by atoms with Crippen molar-refractivity contribution < 1.29 is 4.79 Å². The van der Waals surface area contributed by atoms with E-state index in [1.165, 1.54) is 16.9 Å². The van der Waals surface area contributed by atoms with Gasteiger partial charge in [-0.2, -0.15) is 0 Å². The molecule has 0 aliphatic heterocycles. The Morgan fingerprint density at radius 1 is 1.35 bits per heavy atom. The number of ketones is 1. The first-order chi connectivity index (χ1) is 8.27. The van der Waals surface area contributed by atoms with E-state index in [1.54, 1.807) is 5.51 Å². The molecule has 0 saturated heterocycles. The maximum atomic E-state index is 12.2. The van der Waals surface area contributed by atoms with Crippen molar-refractivity contribution in [2.24, 2.45) is 5.92 Å². The van der Waals surface area contributed by atoms with E-state index in [9.17, 15) is 4.79 Å². The Bertz CT molecular complexity index is 546. The van der Waals surface area contributed by atoms with Crippen LogP contribution in [0.5, 0.6) is 0 Å². The van der Waals surface area contributed by atoms with Crippen LogP contribution >= 0.6 is 11.3 Å². The monoisotopic (exact) mass is 243 g/mol. The standard InChI is InChI=1S/C14H13NOS/c1-9-14(17-8-15-9)13(16)12-7-11(12)10-5-3-2-4-6-10/h2-6,8,11-12H,7H2,1H3. The van der Waals surface area contributed by atoms with E-state index < -0.39 is 0 Å². The van der Waals surface area contributed by atoms with Crippen LogP contribution in [-0.4, -0.2) is 10.8 Å². The van der Waals surface area contributed by atoms with Crippen LogP contribution in [0.1, 0.15) is 33.3 Å². The summed E-state index contributed by atoms with van der Waals surface area (Å²) >= 11 is 1.46. The zero-order valence-corrected chi connectivity index (χ0v) is 10.4. The fourth-order valence-electron chi connectivity index (χ4n) is 2.26. The highest BCUT2D eigenvalue weighted by Gasteiger charge is 2.44. The van der Waals surface area contributed by atoms with Crippen molar-refractivity contribution in [2.75, 3.05) is 0 Å². The third-order valence-electron chi connectivity index (χ3n) is 3.32. The summed E-state index contributed by atoms with van der Waals surface area (Å²) in [7, 11) is 0. The molecule has 1 fully saturated rings. The number of aryl methyl sites for hydroxylation is 1. The molecule has 1 aliphatic rings. The van der Waals surface area contributed by atoms with Crippen molar-refractivity contribution in [3.05, 3.63) is 52.0 Å². The lowest BCUT2D eigenvalue weighted by molar-refractivity contribution is 0.0968. The smallest absolute Gasteiger partial charge is 0.178 e. The number of benzene rings is 1. The molecule has 1 heterocycles. The van der Waals surface area contributed by atoms with Crippen LogP contribution < -0.4 is 0 Å². The molecule has 0 bridgehead atoms. The molecule has 3 heteroatoms. The Balaban J connectivity index is 1.78. The van der Waals surface area contributed by atoms with Crippen LogP contribution in [0.25, 0.3) is 0 Å². The molecule has 2 aromatic rings. The van der Waals surface area contributed by atoms with Crippen LogP contribution in [0.2, 0.25) is 0 Å². The average Bonchev–Trinajstić information content (AvgIpc) is 3.05. The first-order valence-electron chi connectivity index (χ1n) is 5.76. The van der Waals surface area contributed by atoms with Gasteiger partial charge in [0.05, 0.1) is 16.1 Å². The lowest BCUT2D eigenvalue weighted by Gasteiger charge is -1.99. The molecular weight excluding hydrogens is 230 g/mol. The molecule has 0 radical (unpaired) electrons. The van der Waals surface area contributed by atoms with Crippen LogP contribution in [0.3, 0.4) is 0 Å². The Morgan fingerprint density at radius 3 is 2.76 bits per heavy atom. The minimum Gasteiger partial charge on any atom is -0.293 e. The summed E-state index contributed by atoms with van der Waals surface area (Å²) in [4.78, 5) is 17.2. The van der Waals surface area contributed by atoms with E-state index in [4.69, 9.17) is 0 Å². The van der Waals surface area contributed by atoms with Crippen molar-refractivity contribution in [1.29, 1.82) is 0 Å². The minimum atomic E-state index is 0.177. The van der Waals surface area contributed by atoms with Gasteiger partial charge in [0, 0.05) is 5.92 Å². The number of Topliss-reactive ketones (excluding diaryl/α,β-unsaturated/α-hetero) is 1. The van der Waals surface area contributed by atoms with Crippen molar-refractivity contribution in [2.45, 2.75) is 19.3 Å². The molecule has 1 saturated carbocycles. The highest BCUT2D eigenvalue weighted by Crippen LogP contribution is 2.49. The van der Waals surface area contributed by atoms with Crippen molar-refractivity contribution in [3.63, 3.8) is 0 Å². The van der Waals surface area contributed by atoms with Gasteiger partial charge in [-0.25, -0.2) is 4.98 Å². The van der Waals surface area contributed by atoms with E-state index in [2.05, 4.69) is 17.1 Å². The summed E-state index contributed by atoms with van der Waals surface area (Å²) in [5.41, 5.74) is 3.91. The third kappa shape index (κ3) is 1.91. The summed E-state index contributed by atoms with van der Waals surface area (Å²) in [6.45, 7) is 1.91. The molecule has 3 rings (SSSR count). The number of nitrogens with zero attached hydrogens (tertiary/aromatic N) is 1. The summed E-state index contributed by atoms with van der Waals surface area (Å²) in [5.74, 6) is 0.876. The molecule has 1 aromatic carbocycles. The molecule has 2 unspecified atom stereocenters. The van der Waals surface area contributed by atoms with Gasteiger partial charge in [0.1, 0.15) is 0 Å². The van der Waals surface area contributed by atoms with Gasteiger partial charge in [0.25, 0.3) is 0 Å². The largest absolute Gasteiger partial charge is 0.293 e. The molecule has 0 spiro atoms. The Kier molecular flexibility index (Phi) is 2.56. The fourth-order valence-corrected chi connectivity index (χ4v) is 3.07. The second-order valence-corrected chi connectivity index (χ2v) is 5.35. The summed E-state index contributed by atoms with van der Waals surface area (Å²) in [5, 5.41) is 0. The SMILES string of the molecule is Cc1ncsc1C(=O)C1CC1c1ccccc1. The van der Waals surface area contributed by atoms with E-state index in [0.717, 1.165) is 17.0 Å². The fraction of sp³-hybridized carbons (Fsp3) is 0.286. The van der Waals surface area contributed by atoms with Gasteiger partial charge in [-0.3, -0.25) is 4.79 Å². The van der Waals surface area contributed by atoms with Crippen molar-refractivity contribution >= 4 is 17.1 Å². The summed E-state index contributed by atoms with van der Waals surface area (Å²) in [6.07, 6.45) is 0.986. The Morgan fingerprint density at radius 2 is 2.12 bits per heavy atom. The lowest BCUT2D eigenvalue weighted by atomic mass is 10.1. The van der Waals surface area contributed by atoms with E-state index in [-0.39, 0.29) is 11.7 Å². The number of carbonyl (C=O) groups excluding carboxylic acids is 1. The number of hydrogen-bond acceptors (Lipinski definition) is 3. The first kappa shape index (κ1) is 10.7. The molecule has 17 heavy (non-hydrogen) atoms. The van der Waals surface area contributed by atoms with Crippen molar-refractivity contribution in [1.82, 2.24) is 4.98 Å². The third-order valence-corrected chi connectivity index (χ3v) is 4.27. The summed E-state index contributed by atoms with van der Waals surface area (Å²) in [6, 6.07) is 10.3. The lowest BCUT2D eigenvalue weighted by Crippen LogP contribution is -2.02. The van der Waals surface area contributed by atoms with Gasteiger partial charge in [-0.05, 0) is 24.8 Å². The van der Waals surface area contributed by atoms with E-state index in [0.29, 0.717) is 5.92 Å². The van der Waals surface area contributed by atoms with Gasteiger partial charge in [0.2, 0.25) is 0 Å². The van der Waals surface area contributed by atoms with Gasteiger partial charge >= 0.3 is 0 Å². The van der Waals surface area contributed by atoms with Crippen LogP contribution in [0.15, 0.2) is 35.8 Å². The zero-order valence-electron chi connectivity index (χ0n) is 9.59. The quantitative estimate of drug-likeness (QED) is 0.773. The maximum Gasteiger partial charge on any atom is 0.178 e. The average molecular weight is 243 g/mol. The molecule has 2 nitrogen and oxygen atoms in total. The van der Waals surface area contributed by atoms with Gasteiger partial charge in [0.15, 0.2) is 5.78 Å². The number of thiazole rings is 1. The predicted octanol–water partition coefficient (Wildman–Crippen LogP) is 3.44. The highest BCUT2D eigenvalue weighted by atomic mass is 32.1. The summed E-state index contributed by atoms with van der Waals surface area (Å²) < 4.78 is 0. The molecule has 86 valence electrons. The normalized spacial score (nSPS) is 22.4. The van der Waals surface area contributed by atoms with Crippen LogP contribution in [0, 0.1) is 12.8 Å². The van der Waals surface area contributed by atoms with Gasteiger partial charge < -0.3 is 0 Å². The second-order valence-electron chi connectivity index (χ2n) is 4.49. The van der Waals surface area contributed by atoms with E-state index >= 15 is 0 Å². The predicted molar refractivity (Wildman–Crippen MR) is 68.5 cm³/mol. The highest BCUT2D eigenvalue weighted by molar-refractivity contribution is 7.12. The molecule has 1 aliphatic carbocycles. The minimum absolute atomic E-state index is 0.177. The van der Waals surface area contributed by atoms with E-state index in [1.807, 2.05) is 25.1 Å². The number of aromatic nitrogens is 1. The zero-order chi connectivity index (χ0) is 11.8. The molecule has 1 aromatic heterocycles. The first-order valence-corrected chi connectivity index (χ1v) is 6.64. The maximum absolute atomic E-state index is 12.2. The topological polar surface area (TPSA) is 30.0 Å². The second kappa shape index (κ2) is 4.08. The van der Waals surface area contributed by atoms with Crippen LogP contribution in [-0.2, 0) is 0 Å². The van der Waals surface area contributed by atoms with Gasteiger partial charge in [-0.15, -0.1) is 11.3 Å². The van der Waals surface area contributed by atoms with Gasteiger partial charge in [-0.1, -0.05) is 30.3 Å². The number of rotatable bonds is 3. The molecule has 0 amide bonds. The van der Waals surface area contributed by atoms with Crippen LogP contribution in [0.4, 0.5) is 0 Å². The Hall–Kier alpha value is -1.48. The molecule has 2 atom stereocenters. The van der Waals surface area contributed by atoms with Crippen molar-refractivity contribution in [3.8, 4) is 0 Å². The Labute approximate surface area is 104 Å². The number of carbonyl (C=O) groups is 1. The molecule has 0 N–H and O–H groups in total.